The van der Waals surface area contributed by atoms with Crippen LogP contribution in [0, 0.1) is 12.7 Å². The SMILES string of the molecule is CCOc1cc(-c2cccc(-c3cccc(NC(=O)c4cn(C)c(=O)n(C)c4=O)c3C)c2Cl)cc(F)c1CN[C@@H]1CCOC[C@@H]1O. The molecule has 0 saturated carbocycles. The number of carbonyl (C=O) groups excluding carboxylic acids is 1. The molecule has 10 nitrogen and oxygen atoms in total. The number of ether oxygens (including phenoxy) is 2. The van der Waals surface area contributed by atoms with Crippen molar-refractivity contribution in [2.45, 2.75) is 39.0 Å². The standard InChI is InChI=1S/C34H36ClFN4O6/c1-5-46-30-15-20(14-26(36)24(30)16-37-28-12-13-45-18-29(28)41)22-9-6-10-23(31(22)35)21-8-7-11-27(19(21)2)38-32(42)25-17-39(3)34(44)40(4)33(25)43/h6-11,14-15,17,28-29,37,41H,5,12-13,16,18H2,1-4H3,(H,38,42)/t28-,29+/m1/s1. The summed E-state index contributed by atoms with van der Waals surface area (Å²) in [6, 6.07) is 13.7. The van der Waals surface area contributed by atoms with Gasteiger partial charge in [-0.25, -0.2) is 9.18 Å². The van der Waals surface area contributed by atoms with Gasteiger partial charge in [-0.15, -0.1) is 0 Å². The van der Waals surface area contributed by atoms with Crippen LogP contribution in [0.25, 0.3) is 22.3 Å². The molecule has 46 heavy (non-hydrogen) atoms. The fraction of sp³-hybridized carbons (Fsp3) is 0.324. The van der Waals surface area contributed by atoms with Crippen molar-refractivity contribution in [2.75, 3.05) is 25.1 Å². The maximum absolute atomic E-state index is 15.7. The van der Waals surface area contributed by atoms with Crippen LogP contribution >= 0.6 is 11.6 Å². The van der Waals surface area contributed by atoms with Gasteiger partial charge < -0.3 is 29.8 Å². The first-order valence-electron chi connectivity index (χ1n) is 14.9. The molecule has 2 heterocycles. The molecule has 0 spiro atoms. The van der Waals surface area contributed by atoms with Crippen LogP contribution in [0.3, 0.4) is 0 Å². The highest BCUT2D eigenvalue weighted by atomic mass is 35.5. The van der Waals surface area contributed by atoms with E-state index < -0.39 is 29.1 Å². The number of aliphatic hydroxyl groups excluding tert-OH is 1. The number of aryl methyl sites for hydroxylation is 1. The zero-order valence-electron chi connectivity index (χ0n) is 26.0. The molecule has 2 atom stereocenters. The Kier molecular flexibility index (Phi) is 10.1. The number of anilines is 1. The number of hydrogen-bond acceptors (Lipinski definition) is 7. The minimum atomic E-state index is -0.702. The third-order valence-corrected chi connectivity index (χ3v) is 8.60. The zero-order chi connectivity index (χ0) is 33.1. The third kappa shape index (κ3) is 6.63. The molecule has 242 valence electrons. The van der Waals surface area contributed by atoms with Gasteiger partial charge in [-0.2, -0.15) is 0 Å². The summed E-state index contributed by atoms with van der Waals surface area (Å²) in [5.74, 6) is -0.753. The van der Waals surface area contributed by atoms with Gasteiger partial charge in [0.2, 0.25) is 0 Å². The lowest BCUT2D eigenvalue weighted by Gasteiger charge is -2.29. The Morgan fingerprint density at radius 2 is 1.85 bits per heavy atom. The van der Waals surface area contributed by atoms with Crippen LogP contribution in [0.15, 0.2) is 64.3 Å². The van der Waals surface area contributed by atoms with Gasteiger partial charge in [0.25, 0.3) is 11.5 Å². The van der Waals surface area contributed by atoms with Crippen molar-refractivity contribution in [3.05, 3.63) is 103 Å². The monoisotopic (exact) mass is 650 g/mol. The maximum atomic E-state index is 15.7. The zero-order valence-corrected chi connectivity index (χ0v) is 26.8. The molecule has 0 aliphatic carbocycles. The van der Waals surface area contributed by atoms with Crippen LogP contribution in [0.4, 0.5) is 10.1 Å². The van der Waals surface area contributed by atoms with Gasteiger partial charge in [0.05, 0.1) is 24.3 Å². The average Bonchev–Trinajstić information content (AvgIpc) is 3.03. The number of aliphatic hydroxyl groups is 1. The number of carbonyl (C=O) groups is 1. The Morgan fingerprint density at radius 1 is 1.13 bits per heavy atom. The molecule has 3 aromatic carbocycles. The Morgan fingerprint density at radius 3 is 2.59 bits per heavy atom. The van der Waals surface area contributed by atoms with Gasteiger partial charge >= 0.3 is 5.69 Å². The molecule has 4 aromatic rings. The number of nitrogens with zero attached hydrogens (tertiary/aromatic N) is 2. The molecular formula is C34H36ClFN4O6. The lowest BCUT2D eigenvalue weighted by Crippen LogP contribution is -2.46. The number of halogens is 2. The van der Waals surface area contributed by atoms with E-state index in [1.54, 1.807) is 24.3 Å². The maximum Gasteiger partial charge on any atom is 0.330 e. The Hall–Kier alpha value is -4.29. The highest BCUT2D eigenvalue weighted by Crippen LogP contribution is 2.41. The summed E-state index contributed by atoms with van der Waals surface area (Å²) in [4.78, 5) is 37.8. The van der Waals surface area contributed by atoms with Crippen molar-refractivity contribution < 1.29 is 23.8 Å². The van der Waals surface area contributed by atoms with Gasteiger partial charge in [-0.05, 0) is 55.2 Å². The van der Waals surface area contributed by atoms with E-state index in [2.05, 4.69) is 10.6 Å². The first-order chi connectivity index (χ1) is 22.0. The molecule has 5 rings (SSSR count). The molecule has 1 aromatic heterocycles. The largest absolute Gasteiger partial charge is 0.493 e. The lowest BCUT2D eigenvalue weighted by atomic mass is 9.94. The molecule has 3 N–H and O–H groups in total. The van der Waals surface area contributed by atoms with Crippen molar-refractivity contribution in [2.24, 2.45) is 14.1 Å². The normalized spacial score (nSPS) is 16.3. The van der Waals surface area contributed by atoms with Crippen LogP contribution in [-0.2, 0) is 25.4 Å². The second kappa shape index (κ2) is 14.0. The molecule has 1 aliphatic heterocycles. The Balaban J connectivity index is 1.46. The number of amides is 1. The Bertz CT molecular complexity index is 1910. The molecular weight excluding hydrogens is 615 g/mol. The van der Waals surface area contributed by atoms with Crippen molar-refractivity contribution in [1.82, 2.24) is 14.5 Å². The van der Waals surface area contributed by atoms with Gasteiger partial charge in [0.15, 0.2) is 0 Å². The van der Waals surface area contributed by atoms with E-state index in [0.717, 1.165) is 10.1 Å². The van der Waals surface area contributed by atoms with E-state index in [9.17, 15) is 19.5 Å². The lowest BCUT2D eigenvalue weighted by molar-refractivity contribution is -0.0281. The van der Waals surface area contributed by atoms with E-state index in [0.29, 0.717) is 63.9 Å². The minimum absolute atomic E-state index is 0.167. The highest BCUT2D eigenvalue weighted by Gasteiger charge is 2.25. The summed E-state index contributed by atoms with van der Waals surface area (Å²) in [6.07, 6.45) is 1.15. The van der Waals surface area contributed by atoms with E-state index in [1.807, 2.05) is 32.0 Å². The smallest absolute Gasteiger partial charge is 0.330 e. The summed E-state index contributed by atoms with van der Waals surface area (Å²) in [6.45, 7) is 4.88. The highest BCUT2D eigenvalue weighted by molar-refractivity contribution is 6.36. The number of nitrogens with one attached hydrogen (secondary N) is 2. The molecule has 0 unspecified atom stereocenters. The average molecular weight is 651 g/mol. The van der Waals surface area contributed by atoms with Gasteiger partial charge in [-0.3, -0.25) is 14.2 Å². The van der Waals surface area contributed by atoms with E-state index in [-0.39, 0.29) is 24.8 Å². The van der Waals surface area contributed by atoms with Crippen molar-refractivity contribution >= 4 is 23.2 Å². The van der Waals surface area contributed by atoms with E-state index in [1.165, 1.54) is 30.9 Å². The summed E-state index contributed by atoms with van der Waals surface area (Å²) in [5.41, 5.74) is 2.56. The fourth-order valence-electron chi connectivity index (χ4n) is 5.60. The van der Waals surface area contributed by atoms with Crippen LogP contribution in [0.5, 0.6) is 5.75 Å². The first-order valence-corrected chi connectivity index (χ1v) is 15.3. The van der Waals surface area contributed by atoms with Crippen LogP contribution in [-0.4, -0.2) is 52.1 Å². The summed E-state index contributed by atoms with van der Waals surface area (Å²) < 4.78 is 28.9. The van der Waals surface area contributed by atoms with E-state index >= 15 is 4.39 Å². The molecule has 12 heteroatoms. The van der Waals surface area contributed by atoms with Gasteiger partial charge in [-0.1, -0.05) is 41.9 Å². The van der Waals surface area contributed by atoms with Crippen LogP contribution in [0.2, 0.25) is 5.02 Å². The van der Waals surface area contributed by atoms with Crippen molar-refractivity contribution in [1.29, 1.82) is 0 Å². The molecule has 1 aliphatic rings. The summed E-state index contributed by atoms with van der Waals surface area (Å²) in [7, 11) is 2.78. The van der Waals surface area contributed by atoms with Crippen molar-refractivity contribution in [3.8, 4) is 28.0 Å². The number of rotatable bonds is 9. The predicted molar refractivity (Wildman–Crippen MR) is 175 cm³/mol. The number of aromatic nitrogens is 2. The quantitative estimate of drug-likeness (QED) is 0.245. The molecule has 1 saturated heterocycles. The third-order valence-electron chi connectivity index (χ3n) is 8.19. The van der Waals surface area contributed by atoms with Crippen molar-refractivity contribution in [3.63, 3.8) is 0 Å². The molecule has 1 fully saturated rings. The topological polar surface area (TPSA) is 124 Å². The van der Waals surface area contributed by atoms with Crippen LogP contribution in [0.1, 0.15) is 34.8 Å². The Labute approximate surface area is 270 Å². The fourth-order valence-corrected chi connectivity index (χ4v) is 5.93. The van der Waals surface area contributed by atoms with Gasteiger partial charge in [0, 0.05) is 61.9 Å². The second-order valence-electron chi connectivity index (χ2n) is 11.2. The predicted octanol–water partition coefficient (Wildman–Crippen LogP) is 4.41. The number of hydrogen-bond donors (Lipinski definition) is 3. The number of benzene rings is 3. The first kappa shape index (κ1) is 33.1. The van der Waals surface area contributed by atoms with Gasteiger partial charge in [0.1, 0.15) is 17.1 Å². The summed E-state index contributed by atoms with van der Waals surface area (Å²) >= 11 is 7.00. The van der Waals surface area contributed by atoms with E-state index in [4.69, 9.17) is 21.1 Å². The minimum Gasteiger partial charge on any atom is -0.493 e. The molecule has 0 bridgehead atoms. The molecule has 1 amide bonds. The second-order valence-corrected chi connectivity index (χ2v) is 11.6. The summed E-state index contributed by atoms with van der Waals surface area (Å²) in [5, 5.41) is 16.6. The molecule has 0 radical (unpaired) electrons. The van der Waals surface area contributed by atoms with Crippen LogP contribution < -0.4 is 26.6 Å².